The largest absolute Gasteiger partial charge is 0.493 e. The third-order valence-electron chi connectivity index (χ3n) is 4.96. The maximum Gasteiger partial charge on any atom is 0.203 e. The maximum absolute atomic E-state index is 14.7. The average Bonchev–Trinajstić information content (AvgIpc) is 2.87. The Bertz CT molecular complexity index is 1180. The van der Waals surface area contributed by atoms with Crippen LogP contribution in [0.15, 0.2) is 66.9 Å². The molecular formula is C27H26FNO5. The lowest BCUT2D eigenvalue weighted by Crippen LogP contribution is -1.99. The van der Waals surface area contributed by atoms with Gasteiger partial charge in [0.2, 0.25) is 5.75 Å². The smallest absolute Gasteiger partial charge is 0.203 e. The Morgan fingerprint density at radius 2 is 1.38 bits per heavy atom. The van der Waals surface area contributed by atoms with Gasteiger partial charge in [0, 0.05) is 17.8 Å². The maximum atomic E-state index is 14.7. The van der Waals surface area contributed by atoms with Gasteiger partial charge >= 0.3 is 0 Å². The van der Waals surface area contributed by atoms with Gasteiger partial charge < -0.3 is 24.3 Å². The summed E-state index contributed by atoms with van der Waals surface area (Å²) < 4.78 is 36.0. The molecule has 0 aromatic heterocycles. The van der Waals surface area contributed by atoms with Crippen LogP contribution in [0.4, 0.5) is 10.1 Å². The van der Waals surface area contributed by atoms with Gasteiger partial charge in [0.05, 0.1) is 34.1 Å². The first-order valence-corrected chi connectivity index (χ1v) is 10.4. The molecule has 0 spiro atoms. The van der Waals surface area contributed by atoms with Crippen molar-refractivity contribution in [1.82, 2.24) is 0 Å². The summed E-state index contributed by atoms with van der Waals surface area (Å²) in [5.41, 5.74) is 2.29. The van der Waals surface area contributed by atoms with Crippen molar-refractivity contribution in [3.63, 3.8) is 0 Å². The molecule has 0 atom stereocenters. The molecule has 176 valence electrons. The van der Waals surface area contributed by atoms with Crippen LogP contribution in [0.3, 0.4) is 0 Å². The molecule has 7 heteroatoms. The van der Waals surface area contributed by atoms with Crippen LogP contribution in [0.2, 0.25) is 0 Å². The van der Waals surface area contributed by atoms with Crippen LogP contribution < -0.4 is 24.3 Å². The summed E-state index contributed by atoms with van der Waals surface area (Å²) in [6, 6.07) is 15.5. The van der Waals surface area contributed by atoms with Crippen molar-refractivity contribution in [1.29, 1.82) is 0 Å². The molecule has 0 saturated carbocycles. The summed E-state index contributed by atoms with van der Waals surface area (Å²) in [6.45, 7) is 0. The number of carbonyl (C=O) groups excluding carboxylic acids is 1. The van der Waals surface area contributed by atoms with Gasteiger partial charge in [-0.05, 0) is 35.4 Å². The molecule has 0 unspecified atom stereocenters. The molecule has 0 amide bonds. The zero-order valence-corrected chi connectivity index (χ0v) is 19.4. The number of halogens is 1. The molecule has 1 N–H and O–H groups in total. The molecule has 0 heterocycles. The van der Waals surface area contributed by atoms with Gasteiger partial charge in [-0.2, -0.15) is 0 Å². The highest BCUT2D eigenvalue weighted by Crippen LogP contribution is 2.39. The molecule has 0 aliphatic heterocycles. The minimum atomic E-state index is -0.542. The number of ketones is 1. The fraction of sp³-hybridized carbons (Fsp3) is 0.148. The van der Waals surface area contributed by atoms with Crippen molar-refractivity contribution in [2.45, 2.75) is 0 Å². The Morgan fingerprint density at radius 1 is 0.794 bits per heavy atom. The Labute approximate surface area is 198 Å². The number of methoxy groups -OCH3 is 4. The normalized spacial score (nSPS) is 11.0. The second kappa shape index (κ2) is 11.6. The highest BCUT2D eigenvalue weighted by Gasteiger charge is 2.13. The second-order valence-corrected chi connectivity index (χ2v) is 7.08. The van der Waals surface area contributed by atoms with Crippen molar-refractivity contribution in [2.24, 2.45) is 0 Å². The summed E-state index contributed by atoms with van der Waals surface area (Å²) in [6.07, 6.45) is 6.38. The summed E-state index contributed by atoms with van der Waals surface area (Å²) in [7, 11) is 6.00. The van der Waals surface area contributed by atoms with Crippen LogP contribution in [-0.4, -0.2) is 34.2 Å². The van der Waals surface area contributed by atoms with E-state index >= 15 is 0 Å². The van der Waals surface area contributed by atoms with Gasteiger partial charge in [-0.25, -0.2) is 4.39 Å². The minimum Gasteiger partial charge on any atom is -0.493 e. The SMILES string of the molecule is COc1cc(C=Cc2cc(F)c(OC)c(NC=CC(=O)c3ccccc3)c2)cc(OC)c1OC. The molecular weight excluding hydrogens is 437 g/mol. The molecule has 0 bridgehead atoms. The molecule has 6 nitrogen and oxygen atoms in total. The van der Waals surface area contributed by atoms with E-state index in [1.165, 1.54) is 46.8 Å². The summed E-state index contributed by atoms with van der Waals surface area (Å²) in [5, 5.41) is 2.94. The van der Waals surface area contributed by atoms with E-state index in [2.05, 4.69) is 5.32 Å². The molecule has 3 aromatic carbocycles. The van der Waals surface area contributed by atoms with E-state index in [1.807, 2.05) is 6.07 Å². The van der Waals surface area contributed by atoms with Crippen LogP contribution >= 0.6 is 0 Å². The highest BCUT2D eigenvalue weighted by atomic mass is 19.1. The lowest BCUT2D eigenvalue weighted by molar-refractivity contribution is 0.104. The van der Waals surface area contributed by atoms with E-state index in [-0.39, 0.29) is 11.5 Å². The van der Waals surface area contributed by atoms with Crippen LogP contribution in [0, 0.1) is 5.82 Å². The minimum absolute atomic E-state index is 0.0433. The summed E-state index contributed by atoms with van der Waals surface area (Å²) in [5.74, 6) is 0.838. The summed E-state index contributed by atoms with van der Waals surface area (Å²) in [4.78, 5) is 12.3. The van der Waals surface area contributed by atoms with Gasteiger partial charge in [0.25, 0.3) is 0 Å². The third-order valence-corrected chi connectivity index (χ3v) is 4.96. The first-order chi connectivity index (χ1) is 16.5. The highest BCUT2D eigenvalue weighted by molar-refractivity contribution is 6.04. The number of hydrogen-bond donors (Lipinski definition) is 1. The predicted molar refractivity (Wildman–Crippen MR) is 132 cm³/mol. The molecule has 0 radical (unpaired) electrons. The van der Waals surface area contributed by atoms with E-state index in [9.17, 15) is 9.18 Å². The lowest BCUT2D eigenvalue weighted by atomic mass is 10.1. The van der Waals surface area contributed by atoms with Crippen molar-refractivity contribution in [2.75, 3.05) is 33.8 Å². The second-order valence-electron chi connectivity index (χ2n) is 7.08. The number of carbonyl (C=O) groups is 1. The molecule has 0 aliphatic rings. The van der Waals surface area contributed by atoms with E-state index < -0.39 is 5.82 Å². The third kappa shape index (κ3) is 5.75. The zero-order chi connectivity index (χ0) is 24.5. The van der Waals surface area contributed by atoms with Crippen LogP contribution in [0.5, 0.6) is 23.0 Å². The van der Waals surface area contributed by atoms with Crippen LogP contribution in [-0.2, 0) is 0 Å². The first-order valence-electron chi connectivity index (χ1n) is 10.4. The molecule has 0 saturated heterocycles. The quantitative estimate of drug-likeness (QED) is 0.232. The molecule has 3 aromatic rings. The standard InChI is InChI=1S/C27H26FNO5/c1-31-24-16-19(17-25(32-2)27(24)34-4)11-10-18-14-21(28)26(33-3)22(15-18)29-13-12-23(30)20-8-6-5-7-9-20/h5-17,29H,1-4H3. The monoisotopic (exact) mass is 463 g/mol. The number of rotatable bonds is 10. The van der Waals surface area contributed by atoms with Gasteiger partial charge in [0.15, 0.2) is 28.8 Å². The number of nitrogens with one attached hydrogen (secondary N) is 1. The van der Waals surface area contributed by atoms with Crippen LogP contribution in [0.1, 0.15) is 21.5 Å². The summed E-state index contributed by atoms with van der Waals surface area (Å²) >= 11 is 0. The van der Waals surface area contributed by atoms with Gasteiger partial charge in [-0.1, -0.05) is 42.5 Å². The molecule has 3 rings (SSSR count). The number of anilines is 1. The number of ether oxygens (including phenoxy) is 4. The Morgan fingerprint density at radius 3 is 1.94 bits per heavy atom. The number of allylic oxidation sites excluding steroid dienone is 1. The van der Waals surface area contributed by atoms with Gasteiger partial charge in [-0.3, -0.25) is 4.79 Å². The first kappa shape index (κ1) is 24.4. The fourth-order valence-corrected chi connectivity index (χ4v) is 3.32. The van der Waals surface area contributed by atoms with Gasteiger partial charge in [-0.15, -0.1) is 0 Å². The van der Waals surface area contributed by atoms with E-state index in [0.717, 1.165) is 5.56 Å². The molecule has 0 fully saturated rings. The van der Waals surface area contributed by atoms with E-state index in [1.54, 1.807) is 54.6 Å². The molecule has 34 heavy (non-hydrogen) atoms. The van der Waals surface area contributed by atoms with Crippen molar-refractivity contribution < 1.29 is 28.1 Å². The van der Waals surface area contributed by atoms with Gasteiger partial charge in [0.1, 0.15) is 0 Å². The lowest BCUT2D eigenvalue weighted by Gasteiger charge is -2.13. The number of benzene rings is 3. The van der Waals surface area contributed by atoms with Crippen molar-refractivity contribution in [3.8, 4) is 23.0 Å². The average molecular weight is 464 g/mol. The Kier molecular flexibility index (Phi) is 8.29. The van der Waals surface area contributed by atoms with Crippen molar-refractivity contribution in [3.05, 3.63) is 89.4 Å². The topological polar surface area (TPSA) is 66.0 Å². The van der Waals surface area contributed by atoms with Crippen molar-refractivity contribution >= 4 is 23.6 Å². The predicted octanol–water partition coefficient (Wildman–Crippen LogP) is 5.84. The molecule has 0 aliphatic carbocycles. The number of hydrogen-bond acceptors (Lipinski definition) is 6. The fourth-order valence-electron chi connectivity index (χ4n) is 3.32. The van der Waals surface area contributed by atoms with E-state index in [0.29, 0.717) is 34.1 Å². The van der Waals surface area contributed by atoms with Crippen LogP contribution in [0.25, 0.3) is 12.2 Å². The van der Waals surface area contributed by atoms with E-state index in [4.69, 9.17) is 18.9 Å². The Hall–Kier alpha value is -4.26. The zero-order valence-electron chi connectivity index (χ0n) is 19.4. The Balaban J connectivity index is 1.86.